The standard InChI is InChI=1S/C18H16N4O7/c23-16-3-1-2-13-12-4-10(8-20(13)16)7-19(9-12)17-14(21(26)27)5-11(18(24)25)6-15(17)22(28)29/h1-3,5-6,10,12H,4,7-9H2,(H,24,25)/t10-,12+/m1/s1. The summed E-state index contributed by atoms with van der Waals surface area (Å²) >= 11 is 0. The number of carboxylic acid groups (broad SMARTS) is 1. The molecule has 2 aliphatic rings. The fourth-order valence-electron chi connectivity index (χ4n) is 4.41. The number of piperidine rings is 1. The Morgan fingerprint density at radius 2 is 1.72 bits per heavy atom. The molecule has 4 rings (SSSR count). The van der Waals surface area contributed by atoms with E-state index in [1.807, 2.05) is 6.07 Å². The molecule has 2 aromatic rings. The minimum absolute atomic E-state index is 0.0142. The van der Waals surface area contributed by atoms with Crippen LogP contribution >= 0.6 is 0 Å². The third-order valence-corrected chi connectivity index (χ3v) is 5.51. The van der Waals surface area contributed by atoms with Crippen molar-refractivity contribution < 1.29 is 19.7 Å². The second-order valence-electron chi connectivity index (χ2n) is 7.29. The summed E-state index contributed by atoms with van der Waals surface area (Å²) in [5.74, 6) is -1.61. The van der Waals surface area contributed by atoms with Gasteiger partial charge in [-0.25, -0.2) is 4.79 Å². The number of aromatic carboxylic acids is 1. The van der Waals surface area contributed by atoms with E-state index in [1.165, 1.54) is 6.07 Å². The van der Waals surface area contributed by atoms with Gasteiger partial charge in [0.15, 0.2) is 5.69 Å². The van der Waals surface area contributed by atoms with Crippen LogP contribution in [0, 0.1) is 26.1 Å². The van der Waals surface area contributed by atoms with Gasteiger partial charge < -0.3 is 14.6 Å². The number of benzene rings is 1. The van der Waals surface area contributed by atoms with Crippen LogP contribution in [0.15, 0.2) is 35.1 Å². The summed E-state index contributed by atoms with van der Waals surface area (Å²) < 4.78 is 1.69. The van der Waals surface area contributed by atoms with Crippen molar-refractivity contribution in [1.82, 2.24) is 4.57 Å². The second-order valence-corrected chi connectivity index (χ2v) is 7.29. The molecule has 3 heterocycles. The van der Waals surface area contributed by atoms with Gasteiger partial charge in [-0.1, -0.05) is 6.07 Å². The zero-order chi connectivity index (χ0) is 20.9. The summed E-state index contributed by atoms with van der Waals surface area (Å²) in [7, 11) is 0. The lowest BCUT2D eigenvalue weighted by atomic mass is 9.82. The minimum atomic E-state index is -1.48. The van der Waals surface area contributed by atoms with E-state index < -0.39 is 32.8 Å². The molecule has 1 fully saturated rings. The lowest BCUT2D eigenvalue weighted by molar-refractivity contribution is -0.392. The molecule has 0 saturated carbocycles. The number of rotatable bonds is 4. The largest absolute Gasteiger partial charge is 0.478 e. The number of fused-ring (bicyclic) bond motifs is 4. The van der Waals surface area contributed by atoms with Crippen LogP contribution in [-0.2, 0) is 6.54 Å². The summed E-state index contributed by atoms with van der Waals surface area (Å²) in [5, 5.41) is 32.4. The van der Waals surface area contributed by atoms with E-state index in [-0.39, 0.29) is 29.6 Å². The second kappa shape index (κ2) is 6.69. The molecule has 11 heteroatoms. The average molecular weight is 400 g/mol. The molecule has 29 heavy (non-hydrogen) atoms. The molecule has 0 aliphatic carbocycles. The third-order valence-electron chi connectivity index (χ3n) is 5.51. The lowest BCUT2D eigenvalue weighted by Gasteiger charge is -2.43. The van der Waals surface area contributed by atoms with Gasteiger partial charge in [0.05, 0.1) is 15.4 Å². The van der Waals surface area contributed by atoms with Crippen LogP contribution in [-0.4, -0.2) is 38.6 Å². The number of hydrogen-bond acceptors (Lipinski definition) is 7. The molecule has 0 unspecified atom stereocenters. The molecule has 0 spiro atoms. The number of nitro groups is 2. The van der Waals surface area contributed by atoms with E-state index in [4.69, 9.17) is 0 Å². The smallest absolute Gasteiger partial charge is 0.336 e. The molecular weight excluding hydrogens is 384 g/mol. The van der Waals surface area contributed by atoms with Crippen LogP contribution in [0.5, 0.6) is 0 Å². The predicted molar refractivity (Wildman–Crippen MR) is 100 cm³/mol. The van der Waals surface area contributed by atoms with E-state index >= 15 is 0 Å². The summed E-state index contributed by atoms with van der Waals surface area (Å²) in [6.45, 7) is 0.982. The maximum Gasteiger partial charge on any atom is 0.336 e. The Balaban J connectivity index is 1.84. The van der Waals surface area contributed by atoms with E-state index in [0.717, 1.165) is 24.2 Å². The maximum atomic E-state index is 12.1. The van der Waals surface area contributed by atoms with Gasteiger partial charge in [0.1, 0.15) is 0 Å². The normalized spacial score (nSPS) is 20.1. The molecule has 150 valence electrons. The Morgan fingerprint density at radius 3 is 2.31 bits per heavy atom. The number of anilines is 1. The average Bonchev–Trinajstić information content (AvgIpc) is 2.67. The Bertz CT molecular complexity index is 1070. The van der Waals surface area contributed by atoms with E-state index in [0.29, 0.717) is 13.1 Å². The van der Waals surface area contributed by atoms with Crippen molar-refractivity contribution in [3.63, 3.8) is 0 Å². The summed E-state index contributed by atoms with van der Waals surface area (Å²) in [4.78, 5) is 46.7. The molecular formula is C18H16N4O7. The van der Waals surface area contributed by atoms with E-state index in [2.05, 4.69) is 0 Å². The first-order valence-corrected chi connectivity index (χ1v) is 8.91. The van der Waals surface area contributed by atoms with Crippen LogP contribution < -0.4 is 10.5 Å². The summed E-state index contributed by atoms with van der Waals surface area (Å²) in [6, 6.07) is 6.66. The van der Waals surface area contributed by atoms with Crippen LogP contribution in [0.3, 0.4) is 0 Å². The van der Waals surface area contributed by atoms with Gasteiger partial charge in [-0.15, -0.1) is 0 Å². The first kappa shape index (κ1) is 18.6. The van der Waals surface area contributed by atoms with Gasteiger partial charge in [-0.2, -0.15) is 0 Å². The molecule has 1 saturated heterocycles. The highest BCUT2D eigenvalue weighted by Gasteiger charge is 2.40. The van der Waals surface area contributed by atoms with Gasteiger partial charge in [-0.05, 0) is 18.4 Å². The van der Waals surface area contributed by atoms with E-state index in [9.17, 15) is 34.9 Å². The van der Waals surface area contributed by atoms with Gasteiger partial charge >= 0.3 is 17.3 Å². The molecule has 11 nitrogen and oxygen atoms in total. The first-order valence-electron chi connectivity index (χ1n) is 8.91. The topological polar surface area (TPSA) is 149 Å². The van der Waals surface area contributed by atoms with E-state index in [1.54, 1.807) is 15.5 Å². The number of carboxylic acids is 1. The monoisotopic (exact) mass is 400 g/mol. The lowest BCUT2D eigenvalue weighted by Crippen LogP contribution is -2.47. The fourth-order valence-corrected chi connectivity index (χ4v) is 4.41. The molecule has 0 radical (unpaired) electrons. The van der Waals surface area contributed by atoms with Crippen LogP contribution in [0.1, 0.15) is 28.4 Å². The van der Waals surface area contributed by atoms with Gasteiger partial charge in [-0.3, -0.25) is 25.0 Å². The van der Waals surface area contributed by atoms with Gasteiger partial charge in [0, 0.05) is 49.4 Å². The molecule has 1 N–H and O–H groups in total. The zero-order valence-corrected chi connectivity index (χ0v) is 15.1. The Kier molecular flexibility index (Phi) is 4.29. The van der Waals surface area contributed by atoms with Crippen molar-refractivity contribution in [3.8, 4) is 0 Å². The van der Waals surface area contributed by atoms with Crippen molar-refractivity contribution in [3.05, 3.63) is 72.2 Å². The minimum Gasteiger partial charge on any atom is -0.478 e. The van der Waals surface area contributed by atoms with Crippen molar-refractivity contribution in [1.29, 1.82) is 0 Å². The molecule has 1 aromatic heterocycles. The fraction of sp³-hybridized carbons (Fsp3) is 0.333. The van der Waals surface area contributed by atoms with Crippen molar-refractivity contribution in [2.75, 3.05) is 18.0 Å². The van der Waals surface area contributed by atoms with Gasteiger partial charge in [0.2, 0.25) is 0 Å². The third kappa shape index (κ3) is 3.10. The van der Waals surface area contributed by atoms with Crippen LogP contribution in [0.25, 0.3) is 0 Å². The Hall–Kier alpha value is -3.76. The highest BCUT2D eigenvalue weighted by Crippen LogP contribution is 2.44. The van der Waals surface area contributed by atoms with Crippen LogP contribution in [0.2, 0.25) is 0 Å². The Morgan fingerprint density at radius 1 is 1.07 bits per heavy atom. The number of pyridine rings is 1. The number of carbonyl (C=O) groups is 1. The van der Waals surface area contributed by atoms with Crippen LogP contribution in [0.4, 0.5) is 17.1 Å². The highest BCUT2D eigenvalue weighted by molar-refractivity contribution is 5.92. The zero-order valence-electron chi connectivity index (χ0n) is 15.1. The molecule has 2 bridgehead atoms. The number of nitro benzene ring substituents is 2. The van der Waals surface area contributed by atoms with Gasteiger partial charge in [0.25, 0.3) is 5.56 Å². The highest BCUT2D eigenvalue weighted by atomic mass is 16.6. The molecule has 2 aliphatic heterocycles. The first-order chi connectivity index (χ1) is 13.8. The van der Waals surface area contributed by atoms with Crippen molar-refractivity contribution in [2.45, 2.75) is 18.9 Å². The number of nitrogens with zero attached hydrogens (tertiary/aromatic N) is 4. The summed E-state index contributed by atoms with van der Waals surface area (Å²) in [5.41, 5.74) is -1.24. The predicted octanol–water partition coefficient (Wildman–Crippen LogP) is 1.99. The number of hydrogen-bond donors (Lipinski definition) is 1. The molecule has 1 aromatic carbocycles. The maximum absolute atomic E-state index is 12.1. The Labute approximate surface area is 163 Å². The number of aromatic nitrogens is 1. The SMILES string of the molecule is O=C(O)c1cc([N+](=O)[O-])c(N2C[C@H]3C[C@@H](C2)c2cccc(=O)n2C3)c([N+](=O)[O-])c1. The summed E-state index contributed by atoms with van der Waals surface area (Å²) in [6.07, 6.45) is 0.773. The molecule has 2 atom stereocenters. The van der Waals surface area contributed by atoms with Crippen molar-refractivity contribution >= 4 is 23.0 Å². The molecule has 0 amide bonds. The van der Waals surface area contributed by atoms with Crippen molar-refractivity contribution in [2.24, 2.45) is 5.92 Å². The quantitative estimate of drug-likeness (QED) is 0.605.